The number of ether oxygens (including phenoxy) is 2. The van der Waals surface area contributed by atoms with Gasteiger partial charge in [0.2, 0.25) is 6.54 Å². The van der Waals surface area contributed by atoms with Crippen LogP contribution in [-0.4, -0.2) is 36.9 Å². The molecule has 0 aromatic carbocycles. The fraction of sp³-hybridized carbons (Fsp3) is 0.615. The molecule has 0 aliphatic carbocycles. The minimum absolute atomic E-state index is 0.114. The average molecular weight is 268 g/mol. The van der Waals surface area contributed by atoms with Gasteiger partial charge in [-0.3, -0.25) is 0 Å². The van der Waals surface area contributed by atoms with Gasteiger partial charge in [-0.1, -0.05) is 0 Å². The summed E-state index contributed by atoms with van der Waals surface area (Å²) in [6.45, 7) is 13.4. The molecule has 0 bridgehead atoms. The fourth-order valence-electron chi connectivity index (χ4n) is 1.23. The van der Waals surface area contributed by atoms with E-state index in [2.05, 4.69) is 14.9 Å². The monoisotopic (exact) mass is 268 g/mol. The fourth-order valence-corrected chi connectivity index (χ4v) is 1.23. The number of carbonyl (C=O) groups excluding carboxylic acids is 2. The van der Waals surface area contributed by atoms with Crippen molar-refractivity contribution in [1.82, 2.24) is 5.32 Å². The summed E-state index contributed by atoms with van der Waals surface area (Å²) in [6.07, 6.45) is 2.18. The van der Waals surface area contributed by atoms with Crippen molar-refractivity contribution in [2.24, 2.45) is 0 Å². The molecule has 6 nitrogen and oxygen atoms in total. The van der Waals surface area contributed by atoms with Gasteiger partial charge in [-0.05, 0) is 39.8 Å². The van der Waals surface area contributed by atoms with Crippen LogP contribution < -0.4 is 5.32 Å². The van der Waals surface area contributed by atoms with Gasteiger partial charge in [-0.25, -0.2) is 16.2 Å². The molecule has 0 fully saturated rings. The highest BCUT2D eigenvalue weighted by Gasteiger charge is 2.35. The smallest absolute Gasteiger partial charge is 0.408 e. The molecule has 0 spiro atoms. The van der Waals surface area contributed by atoms with E-state index in [1.54, 1.807) is 20.8 Å². The predicted octanol–water partition coefficient (Wildman–Crippen LogP) is 1.92. The Hall–Kier alpha value is -2.03. The van der Waals surface area contributed by atoms with Gasteiger partial charge in [0, 0.05) is 0 Å². The van der Waals surface area contributed by atoms with Crippen molar-refractivity contribution >= 4 is 12.1 Å². The van der Waals surface area contributed by atoms with Gasteiger partial charge in [0.15, 0.2) is 5.54 Å². The van der Waals surface area contributed by atoms with Gasteiger partial charge in [0.05, 0.1) is 7.11 Å². The maximum atomic E-state index is 11.7. The summed E-state index contributed by atoms with van der Waals surface area (Å²) in [6, 6.07) is 0. The van der Waals surface area contributed by atoms with E-state index in [9.17, 15) is 9.59 Å². The summed E-state index contributed by atoms with van der Waals surface area (Å²) in [5.41, 5.74) is -2.02. The van der Waals surface area contributed by atoms with E-state index in [0.29, 0.717) is 0 Å². The summed E-state index contributed by atoms with van der Waals surface area (Å²) in [5, 5.41) is 2.43. The second kappa shape index (κ2) is 6.78. The number of nitrogens with one attached hydrogen (secondary N) is 1. The van der Waals surface area contributed by atoms with Crippen LogP contribution in [0.1, 0.15) is 27.7 Å². The lowest BCUT2D eigenvalue weighted by molar-refractivity contribution is -0.145. The lowest BCUT2D eigenvalue weighted by atomic mass is 10.0. The number of alkyl carbamates (subject to hydrolysis) is 1. The standard InChI is InChI=1S/C13H20N2O4/c1-12(2,3)19-11(17)15-13(4,10(16)18-6)8-7-9-14-5/h7-8H,9H2,1-4,6H3,(H,15,17)/b8-7+. The molecule has 0 radical (unpaired) electrons. The van der Waals surface area contributed by atoms with E-state index in [-0.39, 0.29) is 6.54 Å². The number of nitrogens with zero attached hydrogens (tertiary/aromatic N) is 1. The molecule has 1 atom stereocenters. The van der Waals surface area contributed by atoms with Crippen LogP contribution in [0.3, 0.4) is 0 Å². The van der Waals surface area contributed by atoms with Gasteiger partial charge in [-0.2, -0.15) is 0 Å². The number of esters is 1. The average Bonchev–Trinajstić information content (AvgIpc) is 2.25. The molecular weight excluding hydrogens is 248 g/mol. The first-order valence-corrected chi connectivity index (χ1v) is 5.75. The Balaban J connectivity index is 4.93. The van der Waals surface area contributed by atoms with Crippen molar-refractivity contribution in [3.05, 3.63) is 23.6 Å². The normalized spacial score (nSPS) is 14.3. The highest BCUT2D eigenvalue weighted by molar-refractivity contribution is 5.87. The van der Waals surface area contributed by atoms with Crippen LogP contribution in [0.25, 0.3) is 4.85 Å². The molecule has 1 unspecified atom stereocenters. The van der Waals surface area contributed by atoms with Crippen molar-refractivity contribution in [3.63, 3.8) is 0 Å². The number of carbonyl (C=O) groups is 2. The summed E-state index contributed by atoms with van der Waals surface area (Å²) in [4.78, 5) is 26.5. The van der Waals surface area contributed by atoms with E-state index in [4.69, 9.17) is 11.3 Å². The van der Waals surface area contributed by atoms with Crippen molar-refractivity contribution in [2.45, 2.75) is 38.8 Å². The molecule has 0 aromatic rings. The van der Waals surface area contributed by atoms with Crippen LogP contribution in [-0.2, 0) is 14.3 Å². The molecule has 0 rings (SSSR count). The maximum Gasteiger partial charge on any atom is 0.408 e. The van der Waals surface area contributed by atoms with Crippen molar-refractivity contribution in [1.29, 1.82) is 0 Å². The van der Waals surface area contributed by atoms with Crippen molar-refractivity contribution in [2.75, 3.05) is 13.7 Å². The molecule has 0 saturated carbocycles. The van der Waals surface area contributed by atoms with E-state index in [0.717, 1.165) is 0 Å². The summed E-state index contributed by atoms with van der Waals surface area (Å²) in [7, 11) is 1.22. The zero-order valence-corrected chi connectivity index (χ0v) is 11.9. The highest BCUT2D eigenvalue weighted by Crippen LogP contribution is 2.12. The van der Waals surface area contributed by atoms with Gasteiger partial charge in [-0.15, -0.1) is 0 Å². The van der Waals surface area contributed by atoms with E-state index in [1.165, 1.54) is 26.2 Å². The van der Waals surface area contributed by atoms with Crippen LogP contribution in [0, 0.1) is 6.57 Å². The van der Waals surface area contributed by atoms with E-state index >= 15 is 0 Å². The van der Waals surface area contributed by atoms with Crippen LogP contribution in [0.5, 0.6) is 0 Å². The van der Waals surface area contributed by atoms with E-state index in [1.807, 2.05) is 0 Å². The third-order valence-electron chi connectivity index (χ3n) is 2.02. The maximum absolute atomic E-state index is 11.7. The minimum Gasteiger partial charge on any atom is -0.467 e. The Morgan fingerprint density at radius 2 is 1.89 bits per heavy atom. The number of rotatable bonds is 4. The second-order valence-electron chi connectivity index (χ2n) is 5.06. The summed E-state index contributed by atoms with van der Waals surface area (Å²) >= 11 is 0. The third kappa shape index (κ3) is 6.46. The largest absolute Gasteiger partial charge is 0.467 e. The zero-order valence-electron chi connectivity index (χ0n) is 11.9. The Kier molecular flexibility index (Phi) is 6.06. The SMILES string of the molecule is [C-]#[N+]C/C=C/C(C)(NC(=O)OC(C)(C)C)C(=O)OC. The second-order valence-corrected chi connectivity index (χ2v) is 5.06. The molecule has 0 saturated heterocycles. The van der Waals surface area contributed by atoms with Crippen LogP contribution >= 0.6 is 0 Å². The molecule has 6 heteroatoms. The van der Waals surface area contributed by atoms with Gasteiger partial charge < -0.3 is 19.6 Å². The first-order valence-electron chi connectivity index (χ1n) is 5.75. The molecule has 0 aliphatic heterocycles. The van der Waals surface area contributed by atoms with Gasteiger partial charge >= 0.3 is 12.1 Å². The number of methoxy groups -OCH3 is 1. The van der Waals surface area contributed by atoms with Gasteiger partial charge in [0.25, 0.3) is 0 Å². The zero-order chi connectivity index (χ0) is 15.1. The Morgan fingerprint density at radius 3 is 2.32 bits per heavy atom. The number of hydrogen-bond acceptors (Lipinski definition) is 4. The molecule has 19 heavy (non-hydrogen) atoms. The van der Waals surface area contributed by atoms with Crippen molar-refractivity contribution in [3.8, 4) is 0 Å². The van der Waals surface area contributed by atoms with Gasteiger partial charge in [0.1, 0.15) is 5.60 Å². The predicted molar refractivity (Wildman–Crippen MR) is 70.4 cm³/mol. The molecule has 106 valence electrons. The van der Waals surface area contributed by atoms with Crippen LogP contribution in [0.4, 0.5) is 4.79 Å². The Morgan fingerprint density at radius 1 is 1.32 bits per heavy atom. The third-order valence-corrected chi connectivity index (χ3v) is 2.02. The highest BCUT2D eigenvalue weighted by atomic mass is 16.6. The lowest BCUT2D eigenvalue weighted by Gasteiger charge is -2.27. The number of amides is 1. The lowest BCUT2D eigenvalue weighted by Crippen LogP contribution is -2.52. The Bertz CT molecular complexity index is 404. The molecule has 0 aliphatic rings. The molecule has 1 N–H and O–H groups in total. The topological polar surface area (TPSA) is 69.0 Å². The molecular formula is C13H20N2O4. The summed E-state index contributed by atoms with van der Waals surface area (Å²) < 4.78 is 9.72. The number of hydrogen-bond donors (Lipinski definition) is 1. The molecule has 1 amide bonds. The summed E-state index contributed by atoms with van der Waals surface area (Å²) in [5.74, 6) is -0.639. The minimum atomic E-state index is -1.36. The first-order chi connectivity index (χ1) is 8.64. The van der Waals surface area contributed by atoms with Crippen LogP contribution in [0.15, 0.2) is 12.2 Å². The molecule has 0 aromatic heterocycles. The van der Waals surface area contributed by atoms with Crippen LogP contribution in [0.2, 0.25) is 0 Å². The first kappa shape index (κ1) is 17.0. The quantitative estimate of drug-likeness (QED) is 0.480. The van der Waals surface area contributed by atoms with Crippen molar-refractivity contribution < 1.29 is 19.1 Å². The Labute approximate surface area is 113 Å². The molecule has 0 heterocycles. The van der Waals surface area contributed by atoms with E-state index < -0.39 is 23.2 Å².